The minimum Gasteiger partial charge on any atom is -0.490 e. The van der Waals surface area contributed by atoms with Crippen LogP contribution in [0.15, 0.2) is 69.9 Å². The van der Waals surface area contributed by atoms with Crippen LogP contribution in [0.5, 0.6) is 17.2 Å². The highest BCUT2D eigenvalue weighted by atomic mass is 16.6. The molecule has 3 rings (SSSR count). The van der Waals surface area contributed by atoms with Crippen LogP contribution in [-0.2, 0) is 0 Å². The van der Waals surface area contributed by atoms with Crippen LogP contribution in [0.25, 0.3) is 11.0 Å². The molecular formula is C25H26O6. The Hall–Kier alpha value is -3.54. The van der Waals surface area contributed by atoms with E-state index in [1.807, 2.05) is 32.9 Å². The van der Waals surface area contributed by atoms with Crippen LogP contribution in [0.1, 0.15) is 44.0 Å². The molecule has 2 aromatic carbocycles. The normalized spacial score (nSPS) is 11.2. The van der Waals surface area contributed by atoms with Gasteiger partial charge in [0.2, 0.25) is 5.75 Å². The molecule has 0 amide bonds. The molecule has 6 heteroatoms. The third-order valence-corrected chi connectivity index (χ3v) is 4.31. The molecule has 0 saturated heterocycles. The van der Waals surface area contributed by atoms with Crippen LogP contribution in [0.2, 0.25) is 0 Å². The van der Waals surface area contributed by atoms with Crippen molar-refractivity contribution in [2.45, 2.75) is 39.7 Å². The van der Waals surface area contributed by atoms with Crippen molar-refractivity contribution < 1.29 is 23.4 Å². The average molecular weight is 422 g/mol. The van der Waals surface area contributed by atoms with Gasteiger partial charge in [0.1, 0.15) is 16.7 Å². The minimum atomic E-state index is -0.718. The maximum Gasteiger partial charge on any atom is 0.383 e. The number of hydrogen-bond acceptors (Lipinski definition) is 6. The summed E-state index contributed by atoms with van der Waals surface area (Å²) in [6.07, 6.45) is 5.34. The first-order chi connectivity index (χ1) is 15.0. The number of benzene rings is 2. The van der Waals surface area contributed by atoms with Gasteiger partial charge in [-0.3, -0.25) is 0 Å². The van der Waals surface area contributed by atoms with E-state index < -0.39 is 11.6 Å². The van der Waals surface area contributed by atoms with Crippen LogP contribution < -0.4 is 19.8 Å². The quantitative estimate of drug-likeness (QED) is 0.195. The Morgan fingerprint density at radius 3 is 2.52 bits per heavy atom. The summed E-state index contributed by atoms with van der Waals surface area (Å²) in [5.41, 5.74) is -0.121. The SMILES string of the molecule is CCC=CCCOc1c(OC(=O)c2ccccc2)c2c(OC(C)C)cccc2oc1=O. The molecule has 0 aliphatic carbocycles. The molecule has 1 heterocycles. The van der Waals surface area contributed by atoms with Crippen molar-refractivity contribution in [1.82, 2.24) is 0 Å². The van der Waals surface area contributed by atoms with Crippen molar-refractivity contribution in [2.75, 3.05) is 6.61 Å². The molecular weight excluding hydrogens is 396 g/mol. The van der Waals surface area contributed by atoms with Crippen LogP contribution in [-0.4, -0.2) is 18.7 Å². The Morgan fingerprint density at radius 2 is 1.81 bits per heavy atom. The second-order valence-electron chi connectivity index (χ2n) is 7.12. The van der Waals surface area contributed by atoms with E-state index in [9.17, 15) is 9.59 Å². The Labute approximate surface area is 181 Å². The molecule has 0 radical (unpaired) electrons. The Bertz CT molecular complexity index is 1110. The molecule has 0 unspecified atom stereocenters. The van der Waals surface area contributed by atoms with E-state index in [2.05, 4.69) is 0 Å². The van der Waals surface area contributed by atoms with Gasteiger partial charge in [0.15, 0.2) is 5.75 Å². The molecule has 6 nitrogen and oxygen atoms in total. The first-order valence-electron chi connectivity index (χ1n) is 10.3. The fourth-order valence-corrected chi connectivity index (χ4v) is 2.99. The first kappa shape index (κ1) is 22.2. The lowest BCUT2D eigenvalue weighted by Gasteiger charge is -2.16. The molecule has 0 bridgehead atoms. The zero-order valence-corrected chi connectivity index (χ0v) is 17.9. The monoisotopic (exact) mass is 422 g/mol. The average Bonchev–Trinajstić information content (AvgIpc) is 2.75. The van der Waals surface area contributed by atoms with Crippen molar-refractivity contribution in [3.05, 3.63) is 76.7 Å². The van der Waals surface area contributed by atoms with E-state index in [0.717, 1.165) is 6.42 Å². The number of esters is 1. The van der Waals surface area contributed by atoms with Gasteiger partial charge in [0, 0.05) is 0 Å². The van der Waals surface area contributed by atoms with Gasteiger partial charge in [-0.1, -0.05) is 43.3 Å². The number of ether oxygens (including phenoxy) is 3. The standard InChI is InChI=1S/C25H26O6/c1-4-5-6-10-16-28-23-22(31-24(26)18-12-8-7-9-13-18)21-19(29-17(2)3)14-11-15-20(21)30-25(23)27/h5-9,11-15,17H,4,10,16H2,1-3H3. The lowest BCUT2D eigenvalue weighted by atomic mass is 10.2. The number of rotatable bonds is 9. The summed E-state index contributed by atoms with van der Waals surface area (Å²) >= 11 is 0. The van der Waals surface area contributed by atoms with Crippen LogP contribution >= 0.6 is 0 Å². The molecule has 0 fully saturated rings. The van der Waals surface area contributed by atoms with Crippen molar-refractivity contribution in [1.29, 1.82) is 0 Å². The number of carbonyl (C=O) groups is 1. The summed E-state index contributed by atoms with van der Waals surface area (Å²) in [4.78, 5) is 25.5. The summed E-state index contributed by atoms with van der Waals surface area (Å²) in [6, 6.07) is 13.6. The lowest BCUT2D eigenvalue weighted by Crippen LogP contribution is -2.15. The maximum absolute atomic E-state index is 12.8. The van der Waals surface area contributed by atoms with Gasteiger partial charge in [0.05, 0.1) is 18.3 Å². The topological polar surface area (TPSA) is 75.0 Å². The molecule has 162 valence electrons. The zero-order valence-electron chi connectivity index (χ0n) is 17.9. The van der Waals surface area contributed by atoms with Crippen LogP contribution in [0, 0.1) is 0 Å². The van der Waals surface area contributed by atoms with E-state index in [4.69, 9.17) is 18.6 Å². The van der Waals surface area contributed by atoms with Gasteiger partial charge < -0.3 is 18.6 Å². The molecule has 0 spiro atoms. The number of fused-ring (bicyclic) bond motifs is 1. The van der Waals surface area contributed by atoms with Gasteiger partial charge in [-0.05, 0) is 51.0 Å². The highest BCUT2D eigenvalue weighted by Crippen LogP contribution is 2.39. The third kappa shape index (κ3) is 5.54. The van der Waals surface area contributed by atoms with E-state index in [1.165, 1.54) is 0 Å². The smallest absolute Gasteiger partial charge is 0.383 e. The van der Waals surface area contributed by atoms with Gasteiger partial charge in [-0.2, -0.15) is 0 Å². The van der Waals surface area contributed by atoms with E-state index >= 15 is 0 Å². The molecule has 1 aromatic heterocycles. The highest BCUT2D eigenvalue weighted by molar-refractivity contribution is 5.97. The third-order valence-electron chi connectivity index (χ3n) is 4.31. The highest BCUT2D eigenvalue weighted by Gasteiger charge is 2.24. The Morgan fingerprint density at radius 1 is 1.03 bits per heavy atom. The van der Waals surface area contributed by atoms with Crippen molar-refractivity contribution in [2.24, 2.45) is 0 Å². The van der Waals surface area contributed by atoms with E-state index in [-0.39, 0.29) is 29.8 Å². The number of carbonyl (C=O) groups excluding carboxylic acids is 1. The van der Waals surface area contributed by atoms with Gasteiger partial charge >= 0.3 is 11.6 Å². The Balaban J connectivity index is 2.10. The van der Waals surface area contributed by atoms with Gasteiger partial charge in [-0.15, -0.1) is 0 Å². The second kappa shape index (κ2) is 10.5. The molecule has 0 aliphatic heterocycles. The van der Waals surface area contributed by atoms with Crippen molar-refractivity contribution in [3.8, 4) is 17.2 Å². The summed E-state index contributed by atoms with van der Waals surface area (Å²) < 4.78 is 22.8. The molecule has 0 atom stereocenters. The minimum absolute atomic E-state index is 0.00387. The number of hydrogen-bond donors (Lipinski definition) is 0. The molecule has 0 saturated carbocycles. The summed E-state index contributed by atoms with van der Waals surface area (Å²) in [5, 5.41) is 0.374. The van der Waals surface area contributed by atoms with Crippen molar-refractivity contribution >= 4 is 16.9 Å². The van der Waals surface area contributed by atoms with Gasteiger partial charge in [-0.25, -0.2) is 9.59 Å². The molecule has 0 N–H and O–H groups in total. The van der Waals surface area contributed by atoms with E-state index in [0.29, 0.717) is 23.1 Å². The Kier molecular flexibility index (Phi) is 7.49. The largest absolute Gasteiger partial charge is 0.490 e. The predicted octanol–water partition coefficient (Wildman–Crippen LogP) is 5.53. The van der Waals surface area contributed by atoms with Crippen molar-refractivity contribution in [3.63, 3.8) is 0 Å². The molecule has 0 aliphatic rings. The summed E-state index contributed by atoms with van der Waals surface area (Å²) in [5.74, 6) is -0.331. The van der Waals surface area contributed by atoms with Crippen LogP contribution in [0.4, 0.5) is 0 Å². The summed E-state index contributed by atoms with van der Waals surface area (Å²) in [7, 11) is 0. The summed E-state index contributed by atoms with van der Waals surface area (Å²) in [6.45, 7) is 6.03. The van der Waals surface area contributed by atoms with Gasteiger partial charge in [0.25, 0.3) is 0 Å². The maximum atomic E-state index is 12.8. The second-order valence-corrected chi connectivity index (χ2v) is 7.12. The fraction of sp³-hybridized carbons (Fsp3) is 0.280. The predicted molar refractivity (Wildman–Crippen MR) is 119 cm³/mol. The zero-order chi connectivity index (χ0) is 22.2. The van der Waals surface area contributed by atoms with Crippen LogP contribution in [0.3, 0.4) is 0 Å². The lowest BCUT2D eigenvalue weighted by molar-refractivity contribution is 0.0729. The van der Waals surface area contributed by atoms with E-state index in [1.54, 1.807) is 48.5 Å². The fourth-order valence-electron chi connectivity index (χ4n) is 2.99. The first-order valence-corrected chi connectivity index (χ1v) is 10.3. The molecule has 3 aromatic rings. The number of allylic oxidation sites excluding steroid dienone is 1. The molecule has 31 heavy (non-hydrogen) atoms.